The summed E-state index contributed by atoms with van der Waals surface area (Å²) in [4.78, 5) is 0.277. The largest absolute Gasteiger partial charge is 0.394 e. The Morgan fingerprint density at radius 2 is 1.85 bits per heavy atom. The van der Waals surface area contributed by atoms with Gasteiger partial charge in [0.1, 0.15) is 0 Å². The van der Waals surface area contributed by atoms with E-state index in [0.29, 0.717) is 13.2 Å². The SMILES string of the molecule is CN(C)S(=O)(=O)c1ccc(NCCCOCCO)cc1. The highest BCUT2D eigenvalue weighted by Crippen LogP contribution is 2.16. The van der Waals surface area contributed by atoms with Gasteiger partial charge in [-0.2, -0.15) is 0 Å². The molecule has 0 atom stereocenters. The molecule has 6 nitrogen and oxygen atoms in total. The molecular weight excluding hydrogens is 280 g/mol. The van der Waals surface area contributed by atoms with Crippen molar-refractivity contribution in [1.82, 2.24) is 4.31 Å². The first-order chi connectivity index (χ1) is 9.48. The number of rotatable bonds is 9. The number of nitrogens with zero attached hydrogens (tertiary/aromatic N) is 1. The van der Waals surface area contributed by atoms with Gasteiger partial charge in [0, 0.05) is 32.9 Å². The maximum atomic E-state index is 11.9. The molecule has 0 saturated carbocycles. The zero-order valence-corrected chi connectivity index (χ0v) is 12.7. The zero-order chi connectivity index (χ0) is 15.0. The van der Waals surface area contributed by atoms with E-state index >= 15 is 0 Å². The fourth-order valence-corrected chi connectivity index (χ4v) is 2.43. The van der Waals surface area contributed by atoms with Crippen molar-refractivity contribution in [3.8, 4) is 0 Å². The van der Waals surface area contributed by atoms with Crippen LogP contribution < -0.4 is 5.32 Å². The lowest BCUT2D eigenvalue weighted by Gasteiger charge is -2.12. The van der Waals surface area contributed by atoms with Gasteiger partial charge in [-0.25, -0.2) is 12.7 Å². The molecule has 0 saturated heterocycles. The average molecular weight is 302 g/mol. The maximum absolute atomic E-state index is 11.9. The van der Waals surface area contributed by atoms with Crippen LogP contribution in [0.4, 0.5) is 5.69 Å². The number of nitrogens with one attached hydrogen (secondary N) is 1. The molecule has 0 amide bonds. The molecule has 2 N–H and O–H groups in total. The van der Waals surface area contributed by atoms with Gasteiger partial charge in [-0.15, -0.1) is 0 Å². The van der Waals surface area contributed by atoms with E-state index in [2.05, 4.69) is 5.32 Å². The first-order valence-electron chi connectivity index (χ1n) is 6.43. The van der Waals surface area contributed by atoms with Crippen LogP contribution in [0.2, 0.25) is 0 Å². The fraction of sp³-hybridized carbons (Fsp3) is 0.538. The molecule has 1 aromatic carbocycles. The van der Waals surface area contributed by atoms with Crippen LogP contribution >= 0.6 is 0 Å². The average Bonchev–Trinajstić information content (AvgIpc) is 2.43. The van der Waals surface area contributed by atoms with Gasteiger partial charge in [0.2, 0.25) is 10.0 Å². The number of hydrogen-bond donors (Lipinski definition) is 2. The molecule has 20 heavy (non-hydrogen) atoms. The minimum absolute atomic E-state index is 0.0369. The van der Waals surface area contributed by atoms with E-state index in [-0.39, 0.29) is 11.5 Å². The van der Waals surface area contributed by atoms with Crippen LogP contribution in [0.1, 0.15) is 6.42 Å². The smallest absolute Gasteiger partial charge is 0.242 e. The first kappa shape index (κ1) is 16.9. The summed E-state index contributed by atoms with van der Waals surface area (Å²) in [6.45, 7) is 1.71. The molecule has 0 aliphatic rings. The van der Waals surface area contributed by atoms with Gasteiger partial charge in [-0.3, -0.25) is 0 Å². The Morgan fingerprint density at radius 1 is 1.20 bits per heavy atom. The summed E-state index contributed by atoms with van der Waals surface area (Å²) < 4.78 is 30.1. The van der Waals surface area contributed by atoms with Gasteiger partial charge in [0.05, 0.1) is 18.1 Å². The molecule has 7 heteroatoms. The molecule has 0 bridgehead atoms. The predicted octanol–water partition coefficient (Wildman–Crippen LogP) is 0.748. The van der Waals surface area contributed by atoms with E-state index in [1.54, 1.807) is 24.3 Å². The highest BCUT2D eigenvalue weighted by molar-refractivity contribution is 7.89. The molecule has 0 aliphatic carbocycles. The van der Waals surface area contributed by atoms with E-state index in [4.69, 9.17) is 9.84 Å². The van der Waals surface area contributed by atoms with Crippen molar-refractivity contribution < 1.29 is 18.3 Å². The monoisotopic (exact) mass is 302 g/mol. The summed E-state index contributed by atoms with van der Waals surface area (Å²) in [5.41, 5.74) is 0.866. The lowest BCUT2D eigenvalue weighted by Crippen LogP contribution is -2.22. The lowest BCUT2D eigenvalue weighted by molar-refractivity contribution is 0.0922. The van der Waals surface area contributed by atoms with Gasteiger partial charge in [0.15, 0.2) is 0 Å². The summed E-state index contributed by atoms with van der Waals surface area (Å²) in [6.07, 6.45) is 0.817. The summed E-state index contributed by atoms with van der Waals surface area (Å²) in [5.74, 6) is 0. The molecule has 0 spiro atoms. The van der Waals surface area contributed by atoms with Crippen LogP contribution in [0.3, 0.4) is 0 Å². The second-order valence-electron chi connectivity index (χ2n) is 4.43. The number of ether oxygens (including phenoxy) is 1. The normalized spacial score (nSPS) is 11.8. The lowest BCUT2D eigenvalue weighted by atomic mass is 10.3. The molecule has 1 rings (SSSR count). The molecular formula is C13H22N2O4S. The second-order valence-corrected chi connectivity index (χ2v) is 6.58. The number of anilines is 1. The number of aliphatic hydroxyl groups is 1. The molecule has 0 radical (unpaired) electrons. The van der Waals surface area contributed by atoms with Gasteiger partial charge >= 0.3 is 0 Å². The Kier molecular flexibility index (Phi) is 6.94. The van der Waals surface area contributed by atoms with Crippen LogP contribution in [0.15, 0.2) is 29.2 Å². The molecule has 114 valence electrons. The minimum atomic E-state index is -3.37. The first-order valence-corrected chi connectivity index (χ1v) is 7.87. The fourth-order valence-electron chi connectivity index (χ4n) is 1.53. The molecule has 0 fully saturated rings. The Bertz CT molecular complexity index is 486. The van der Waals surface area contributed by atoms with Gasteiger partial charge in [-0.1, -0.05) is 0 Å². The van der Waals surface area contributed by atoms with Gasteiger partial charge < -0.3 is 15.2 Å². The van der Waals surface area contributed by atoms with E-state index < -0.39 is 10.0 Å². The Labute approximate surface area is 120 Å². The number of aliphatic hydroxyl groups excluding tert-OH is 1. The molecule has 0 heterocycles. The maximum Gasteiger partial charge on any atom is 0.242 e. The molecule has 0 aliphatic heterocycles. The third-order valence-corrected chi connectivity index (χ3v) is 4.49. The van der Waals surface area contributed by atoms with Crippen molar-refractivity contribution in [2.45, 2.75) is 11.3 Å². The van der Waals surface area contributed by atoms with Crippen molar-refractivity contribution in [3.05, 3.63) is 24.3 Å². The Balaban J connectivity index is 2.44. The van der Waals surface area contributed by atoms with E-state index in [1.165, 1.54) is 18.4 Å². The molecule has 1 aromatic rings. The van der Waals surface area contributed by atoms with Crippen LogP contribution in [0.5, 0.6) is 0 Å². The highest BCUT2D eigenvalue weighted by atomic mass is 32.2. The third kappa shape index (κ3) is 5.09. The Morgan fingerprint density at radius 3 is 2.40 bits per heavy atom. The van der Waals surface area contributed by atoms with Crippen molar-refractivity contribution in [3.63, 3.8) is 0 Å². The van der Waals surface area contributed by atoms with Crippen molar-refractivity contribution in [2.75, 3.05) is 45.8 Å². The van der Waals surface area contributed by atoms with Gasteiger partial charge in [0.25, 0.3) is 0 Å². The third-order valence-electron chi connectivity index (χ3n) is 2.66. The van der Waals surface area contributed by atoms with Crippen LogP contribution in [0, 0.1) is 0 Å². The second kappa shape index (κ2) is 8.21. The summed E-state index contributed by atoms with van der Waals surface area (Å²) in [7, 11) is -0.352. The van der Waals surface area contributed by atoms with Gasteiger partial charge in [-0.05, 0) is 30.7 Å². The van der Waals surface area contributed by atoms with E-state index in [0.717, 1.165) is 18.7 Å². The quantitative estimate of drug-likeness (QED) is 0.658. The standard InChI is InChI=1S/C13H22N2O4S/c1-15(2)20(17,18)13-6-4-12(5-7-13)14-8-3-10-19-11-9-16/h4-7,14,16H,3,8-11H2,1-2H3. The number of hydrogen-bond acceptors (Lipinski definition) is 5. The van der Waals surface area contributed by atoms with Crippen LogP contribution in [-0.2, 0) is 14.8 Å². The number of benzene rings is 1. The summed E-state index contributed by atoms with van der Waals surface area (Å²) in [5, 5.41) is 11.7. The topological polar surface area (TPSA) is 78.9 Å². The summed E-state index contributed by atoms with van der Waals surface area (Å²) >= 11 is 0. The minimum Gasteiger partial charge on any atom is -0.394 e. The van der Waals surface area contributed by atoms with Crippen molar-refractivity contribution in [1.29, 1.82) is 0 Å². The molecule has 0 aromatic heterocycles. The van der Waals surface area contributed by atoms with Crippen LogP contribution in [-0.4, -0.2) is 58.3 Å². The highest BCUT2D eigenvalue weighted by Gasteiger charge is 2.16. The molecule has 0 unspecified atom stereocenters. The predicted molar refractivity (Wildman–Crippen MR) is 78.3 cm³/mol. The van der Waals surface area contributed by atoms with E-state index in [9.17, 15) is 8.42 Å². The summed E-state index contributed by atoms with van der Waals surface area (Å²) in [6, 6.07) is 6.65. The van der Waals surface area contributed by atoms with Crippen LogP contribution in [0.25, 0.3) is 0 Å². The zero-order valence-electron chi connectivity index (χ0n) is 11.9. The number of sulfonamides is 1. The van der Waals surface area contributed by atoms with E-state index in [1.807, 2.05) is 0 Å². The van der Waals surface area contributed by atoms with Crippen molar-refractivity contribution >= 4 is 15.7 Å². The van der Waals surface area contributed by atoms with Crippen molar-refractivity contribution in [2.24, 2.45) is 0 Å². The Hall–Kier alpha value is -1.15.